The average molecular weight is 444 g/mol. The van der Waals surface area contributed by atoms with Crippen molar-refractivity contribution in [3.63, 3.8) is 0 Å². The second kappa shape index (κ2) is 8.59. The number of ketones is 1. The molecule has 0 aromatic heterocycles. The molecule has 0 aliphatic rings. The Morgan fingerprint density at radius 2 is 1.34 bits per heavy atom. The highest BCUT2D eigenvalue weighted by Gasteiger charge is 2.27. The maximum absolute atomic E-state index is 13.2. The lowest BCUT2D eigenvalue weighted by atomic mass is 10.0. The molecule has 0 N–H and O–H groups in total. The predicted molar refractivity (Wildman–Crippen MR) is 119 cm³/mol. The summed E-state index contributed by atoms with van der Waals surface area (Å²) >= 11 is 12.4. The van der Waals surface area contributed by atoms with E-state index in [2.05, 4.69) is 0 Å². The van der Waals surface area contributed by atoms with Crippen LogP contribution >= 0.6 is 31.0 Å². The highest BCUT2D eigenvalue weighted by Crippen LogP contribution is 2.33. The van der Waals surface area contributed by atoms with E-state index in [1.54, 1.807) is 30.3 Å². The molecule has 1 radical (unpaired) electrons. The molecule has 0 amide bonds. The minimum Gasteiger partial charge on any atom is -0.288 e. The van der Waals surface area contributed by atoms with Crippen LogP contribution in [0, 0.1) is 20.8 Å². The Bertz CT molecular complexity index is 1130. The Labute approximate surface area is 180 Å². The molecular formula is C23H18Cl2O3P. The van der Waals surface area contributed by atoms with Gasteiger partial charge in [0.05, 0.1) is 20.9 Å². The van der Waals surface area contributed by atoms with Gasteiger partial charge in [-0.3, -0.25) is 14.2 Å². The summed E-state index contributed by atoms with van der Waals surface area (Å²) in [4.78, 5) is 26.2. The van der Waals surface area contributed by atoms with Crippen molar-refractivity contribution >= 4 is 47.6 Å². The molecule has 0 heterocycles. The molecule has 3 rings (SSSR count). The Morgan fingerprint density at radius 3 is 1.93 bits per heavy atom. The molecule has 0 saturated heterocycles. The number of aryl methyl sites for hydroxylation is 3. The van der Waals surface area contributed by atoms with E-state index in [4.69, 9.17) is 23.2 Å². The molecule has 3 nitrogen and oxygen atoms in total. The topological polar surface area (TPSA) is 51.2 Å². The van der Waals surface area contributed by atoms with Crippen molar-refractivity contribution in [3.05, 3.63) is 98.0 Å². The van der Waals surface area contributed by atoms with Gasteiger partial charge in [-0.15, -0.1) is 0 Å². The van der Waals surface area contributed by atoms with E-state index in [-0.39, 0.29) is 26.5 Å². The van der Waals surface area contributed by atoms with Crippen LogP contribution in [0.4, 0.5) is 0 Å². The molecule has 3 aromatic carbocycles. The summed E-state index contributed by atoms with van der Waals surface area (Å²) in [7, 11) is -2.51. The van der Waals surface area contributed by atoms with Crippen molar-refractivity contribution in [2.24, 2.45) is 0 Å². The lowest BCUT2D eigenvalue weighted by Crippen LogP contribution is -2.17. The molecular weight excluding hydrogens is 426 g/mol. The number of rotatable bonds is 5. The van der Waals surface area contributed by atoms with Crippen LogP contribution in [0.3, 0.4) is 0 Å². The number of carbonyl (C=O) groups is 2. The van der Waals surface area contributed by atoms with Gasteiger partial charge >= 0.3 is 0 Å². The molecule has 1 atom stereocenters. The van der Waals surface area contributed by atoms with Crippen LogP contribution in [0.2, 0.25) is 10.0 Å². The molecule has 0 saturated carbocycles. The first-order chi connectivity index (χ1) is 13.7. The van der Waals surface area contributed by atoms with Crippen LogP contribution in [0.25, 0.3) is 0 Å². The fourth-order valence-electron chi connectivity index (χ4n) is 3.42. The van der Waals surface area contributed by atoms with Gasteiger partial charge in [0.2, 0.25) is 5.52 Å². The highest BCUT2D eigenvalue weighted by atomic mass is 35.5. The predicted octanol–water partition coefficient (Wildman–Crippen LogP) is 6.44. The molecule has 0 aliphatic heterocycles. The number of hydrogen-bond donors (Lipinski definition) is 0. The first kappa shape index (κ1) is 21.4. The third-order valence-electron chi connectivity index (χ3n) is 4.63. The summed E-state index contributed by atoms with van der Waals surface area (Å²) in [6, 6.07) is 14.9. The van der Waals surface area contributed by atoms with Gasteiger partial charge in [-0.2, -0.15) is 0 Å². The van der Waals surface area contributed by atoms with E-state index in [1.807, 2.05) is 32.9 Å². The summed E-state index contributed by atoms with van der Waals surface area (Å²) < 4.78 is 13.2. The lowest BCUT2D eigenvalue weighted by Gasteiger charge is -2.12. The Kier molecular flexibility index (Phi) is 6.33. The Morgan fingerprint density at radius 1 is 0.793 bits per heavy atom. The van der Waals surface area contributed by atoms with Gasteiger partial charge in [0.1, 0.15) is 0 Å². The fourth-order valence-corrected chi connectivity index (χ4v) is 5.38. The van der Waals surface area contributed by atoms with Crippen LogP contribution in [0.15, 0.2) is 54.6 Å². The number of carbonyl (C=O) groups excluding carboxylic acids is 2. The third-order valence-corrected chi connectivity index (χ3v) is 6.68. The maximum Gasteiger partial charge on any atom is 0.247 e. The second-order valence-corrected chi connectivity index (χ2v) is 9.11. The summed E-state index contributed by atoms with van der Waals surface area (Å²) in [6.45, 7) is 5.57. The van der Waals surface area contributed by atoms with Crippen molar-refractivity contribution in [2.45, 2.75) is 20.8 Å². The van der Waals surface area contributed by atoms with Crippen molar-refractivity contribution in [1.82, 2.24) is 0 Å². The van der Waals surface area contributed by atoms with Crippen LogP contribution in [0.1, 0.15) is 43.0 Å². The van der Waals surface area contributed by atoms with Crippen molar-refractivity contribution in [3.8, 4) is 0 Å². The van der Waals surface area contributed by atoms with Crippen LogP contribution in [0.5, 0.6) is 0 Å². The summed E-state index contributed by atoms with van der Waals surface area (Å²) in [6.07, 6.45) is 0. The lowest BCUT2D eigenvalue weighted by molar-refractivity contribution is 0.103. The highest BCUT2D eigenvalue weighted by molar-refractivity contribution is 7.71. The normalized spacial score (nSPS) is 11.3. The van der Waals surface area contributed by atoms with Crippen LogP contribution in [-0.4, -0.2) is 11.3 Å². The summed E-state index contributed by atoms with van der Waals surface area (Å²) in [5, 5.41) is 0.570. The van der Waals surface area contributed by atoms with Gasteiger partial charge in [-0.25, -0.2) is 0 Å². The molecule has 1 unspecified atom stereocenters. The zero-order valence-corrected chi connectivity index (χ0v) is 18.5. The standard InChI is InChI=1S/C23H18Cl2O3P/c1-13-11-14(2)20(15(3)12-13)23(27)29(28)19-10-5-4-7-16(19)22(26)21-17(24)8-6-9-18(21)25/h4-12H,1-3H3. The van der Waals surface area contributed by atoms with Crippen LogP contribution < -0.4 is 5.30 Å². The Hall–Kier alpha value is -2.32. The largest absolute Gasteiger partial charge is 0.288 e. The minimum absolute atomic E-state index is 0.127. The van der Waals surface area contributed by atoms with Crippen LogP contribution in [-0.2, 0) is 4.57 Å². The number of hydrogen-bond acceptors (Lipinski definition) is 3. The third kappa shape index (κ3) is 4.18. The van der Waals surface area contributed by atoms with Gasteiger partial charge < -0.3 is 0 Å². The van der Waals surface area contributed by atoms with Crippen molar-refractivity contribution < 1.29 is 14.2 Å². The van der Waals surface area contributed by atoms with E-state index in [0.29, 0.717) is 5.56 Å². The fraction of sp³-hybridized carbons (Fsp3) is 0.130. The average Bonchev–Trinajstić information content (AvgIpc) is 2.66. The number of halogens is 2. The Balaban J connectivity index is 2.09. The van der Waals surface area contributed by atoms with E-state index in [1.165, 1.54) is 12.1 Å². The summed E-state index contributed by atoms with van der Waals surface area (Å²) in [5.74, 6) is -0.468. The van der Waals surface area contributed by atoms with Gasteiger partial charge in [0.15, 0.2) is 13.6 Å². The second-order valence-electron chi connectivity index (χ2n) is 6.82. The maximum atomic E-state index is 13.2. The van der Waals surface area contributed by atoms with Gasteiger partial charge in [-0.05, 0) is 56.2 Å². The van der Waals surface area contributed by atoms with Crippen molar-refractivity contribution in [2.75, 3.05) is 0 Å². The molecule has 3 aromatic rings. The minimum atomic E-state index is -2.51. The molecule has 29 heavy (non-hydrogen) atoms. The van der Waals surface area contributed by atoms with E-state index in [9.17, 15) is 14.2 Å². The van der Waals surface area contributed by atoms with E-state index in [0.717, 1.165) is 16.7 Å². The monoisotopic (exact) mass is 443 g/mol. The number of benzene rings is 3. The van der Waals surface area contributed by atoms with Crippen molar-refractivity contribution in [1.29, 1.82) is 0 Å². The molecule has 0 aliphatic carbocycles. The molecule has 147 valence electrons. The molecule has 0 spiro atoms. The molecule has 0 fully saturated rings. The first-order valence-corrected chi connectivity index (χ1v) is 10.9. The van der Waals surface area contributed by atoms with Gasteiger partial charge in [0.25, 0.3) is 0 Å². The zero-order chi connectivity index (χ0) is 21.3. The zero-order valence-electron chi connectivity index (χ0n) is 16.1. The quantitative estimate of drug-likeness (QED) is 0.336. The smallest absolute Gasteiger partial charge is 0.247 e. The summed E-state index contributed by atoms with van der Waals surface area (Å²) in [5.41, 5.74) is 2.75. The first-order valence-electron chi connectivity index (χ1n) is 8.89. The molecule has 6 heteroatoms. The van der Waals surface area contributed by atoms with Gasteiger partial charge in [0, 0.05) is 11.1 Å². The molecule has 0 bridgehead atoms. The SMILES string of the molecule is Cc1cc(C)c(C(=O)[P](=O)c2ccccc2C(=O)c2c(Cl)cccc2Cl)c(C)c1. The van der Waals surface area contributed by atoms with E-state index >= 15 is 0 Å². The van der Waals surface area contributed by atoms with E-state index < -0.39 is 19.1 Å². The van der Waals surface area contributed by atoms with Gasteiger partial charge in [-0.1, -0.05) is 59.1 Å².